The number of aliphatic hydroxyl groups excluding tert-OH is 1. The lowest BCUT2D eigenvalue weighted by atomic mass is 9.90. The molecule has 52 heavy (non-hydrogen) atoms. The van der Waals surface area contributed by atoms with Crippen molar-refractivity contribution in [3.8, 4) is 11.1 Å². The summed E-state index contributed by atoms with van der Waals surface area (Å²) in [4.78, 5) is 17.1. The number of hydrogen-bond donors (Lipinski definition) is 2. The van der Waals surface area contributed by atoms with E-state index >= 15 is 0 Å². The van der Waals surface area contributed by atoms with Gasteiger partial charge in [0.2, 0.25) is 5.82 Å². The van der Waals surface area contributed by atoms with Gasteiger partial charge in [-0.3, -0.25) is 4.79 Å². The number of aromatic nitrogens is 2. The SMILES string of the molecule is C[C@H]1[C@@H](Cn2cnc3ccccc32)O[C@@H](c2cccc(-c3cccc(CNC(=O)c4c(F)c(F)c(F)c(F)c4F)c3)c2)O[C@H]1c1ccc(CO)cc1. The van der Waals surface area contributed by atoms with Crippen LogP contribution >= 0.6 is 0 Å². The summed E-state index contributed by atoms with van der Waals surface area (Å²) in [6.45, 7) is 2.28. The summed E-state index contributed by atoms with van der Waals surface area (Å²) >= 11 is 0. The van der Waals surface area contributed by atoms with Crippen LogP contribution in [0.1, 0.15) is 51.9 Å². The summed E-state index contributed by atoms with van der Waals surface area (Å²) in [6.07, 6.45) is 0.407. The van der Waals surface area contributed by atoms with Gasteiger partial charge >= 0.3 is 0 Å². The Morgan fingerprint density at radius 3 is 2.17 bits per heavy atom. The molecule has 0 saturated carbocycles. The molecule has 0 spiro atoms. The van der Waals surface area contributed by atoms with Crippen molar-refractivity contribution in [2.24, 2.45) is 5.92 Å². The van der Waals surface area contributed by atoms with Gasteiger partial charge in [-0.05, 0) is 52.1 Å². The van der Waals surface area contributed by atoms with Crippen molar-refractivity contribution < 1.29 is 41.3 Å². The average molecular weight is 714 g/mol. The molecule has 12 heteroatoms. The minimum absolute atomic E-state index is 0.0719. The van der Waals surface area contributed by atoms with E-state index in [4.69, 9.17) is 9.47 Å². The van der Waals surface area contributed by atoms with Gasteiger partial charge in [-0.15, -0.1) is 0 Å². The summed E-state index contributed by atoms with van der Waals surface area (Å²) in [7, 11) is 0. The van der Waals surface area contributed by atoms with Crippen molar-refractivity contribution in [3.63, 3.8) is 0 Å². The van der Waals surface area contributed by atoms with Crippen molar-refractivity contribution in [2.75, 3.05) is 0 Å². The van der Waals surface area contributed by atoms with Crippen molar-refractivity contribution in [2.45, 2.75) is 45.1 Å². The van der Waals surface area contributed by atoms with E-state index in [0.717, 1.165) is 38.9 Å². The van der Waals surface area contributed by atoms with Crippen LogP contribution in [0.5, 0.6) is 0 Å². The zero-order valence-corrected chi connectivity index (χ0v) is 27.7. The first-order valence-electron chi connectivity index (χ1n) is 16.5. The molecule has 0 radical (unpaired) electrons. The predicted molar refractivity (Wildman–Crippen MR) is 182 cm³/mol. The number of amides is 1. The highest BCUT2D eigenvalue weighted by Gasteiger charge is 2.39. The Balaban J connectivity index is 1.14. The van der Waals surface area contributed by atoms with E-state index in [1.165, 1.54) is 0 Å². The van der Waals surface area contributed by atoms with Gasteiger partial charge < -0.3 is 24.5 Å². The third-order valence-electron chi connectivity index (χ3n) is 9.34. The van der Waals surface area contributed by atoms with E-state index in [0.29, 0.717) is 12.1 Å². The number of carbonyl (C=O) groups is 1. The fourth-order valence-corrected chi connectivity index (χ4v) is 6.48. The molecule has 7 nitrogen and oxygen atoms in total. The molecule has 5 aromatic carbocycles. The first-order valence-corrected chi connectivity index (χ1v) is 16.5. The lowest BCUT2D eigenvalue weighted by molar-refractivity contribution is -0.276. The van der Waals surface area contributed by atoms with Crippen LogP contribution in [-0.4, -0.2) is 26.7 Å². The number of nitrogens with zero attached hydrogens (tertiary/aromatic N) is 2. The smallest absolute Gasteiger partial charge is 0.257 e. The second-order valence-electron chi connectivity index (χ2n) is 12.7. The molecule has 4 atom stereocenters. The summed E-state index contributed by atoms with van der Waals surface area (Å²) in [5.74, 6) is -12.7. The number of nitrogens with one attached hydrogen (secondary N) is 1. The lowest BCUT2D eigenvalue weighted by Crippen LogP contribution is -2.39. The number of ether oxygens (including phenoxy) is 2. The van der Waals surface area contributed by atoms with Crippen LogP contribution in [0.25, 0.3) is 22.2 Å². The Bertz CT molecular complexity index is 2230. The van der Waals surface area contributed by atoms with Gasteiger partial charge in [0, 0.05) is 18.0 Å². The van der Waals surface area contributed by atoms with Gasteiger partial charge in [-0.1, -0.05) is 79.7 Å². The number of benzene rings is 5. The average Bonchev–Trinajstić information content (AvgIpc) is 3.59. The normalized spacial score (nSPS) is 18.8. The molecule has 6 aromatic rings. The molecular weight excluding hydrogens is 681 g/mol. The molecule has 7 rings (SSSR count). The van der Waals surface area contributed by atoms with Crippen molar-refractivity contribution in [1.82, 2.24) is 14.9 Å². The van der Waals surface area contributed by atoms with Crippen LogP contribution in [0.3, 0.4) is 0 Å². The highest BCUT2D eigenvalue weighted by atomic mass is 19.2. The number of rotatable bonds is 9. The molecule has 1 amide bonds. The topological polar surface area (TPSA) is 85.6 Å². The van der Waals surface area contributed by atoms with Crippen molar-refractivity contribution in [1.29, 1.82) is 0 Å². The maximum atomic E-state index is 14.2. The second kappa shape index (κ2) is 14.7. The second-order valence-corrected chi connectivity index (χ2v) is 12.7. The molecule has 266 valence electrons. The summed E-state index contributed by atoms with van der Waals surface area (Å²) in [5.41, 5.74) is 4.79. The predicted octanol–water partition coefficient (Wildman–Crippen LogP) is 8.31. The zero-order chi connectivity index (χ0) is 36.5. The number of halogens is 5. The number of imidazole rings is 1. The van der Waals surface area contributed by atoms with Gasteiger partial charge in [0.15, 0.2) is 29.6 Å². The highest BCUT2D eigenvalue weighted by Crippen LogP contribution is 2.43. The molecule has 0 unspecified atom stereocenters. The van der Waals surface area contributed by atoms with Gasteiger partial charge in [0.25, 0.3) is 5.91 Å². The number of aliphatic hydroxyl groups is 1. The molecular formula is C40H32F5N3O4. The van der Waals surface area contributed by atoms with Gasteiger partial charge in [0.05, 0.1) is 42.7 Å². The van der Waals surface area contributed by atoms with Gasteiger partial charge in [-0.2, -0.15) is 0 Å². The van der Waals surface area contributed by atoms with Crippen LogP contribution in [0, 0.1) is 35.0 Å². The summed E-state index contributed by atoms with van der Waals surface area (Å²) in [6, 6.07) is 30.0. The quantitative estimate of drug-likeness (QED) is 0.0895. The fraction of sp³-hybridized carbons (Fsp3) is 0.200. The van der Waals surface area contributed by atoms with E-state index in [1.54, 1.807) is 24.5 Å². The Kier molecular flexibility index (Phi) is 9.87. The van der Waals surface area contributed by atoms with E-state index in [9.17, 15) is 31.9 Å². The fourth-order valence-electron chi connectivity index (χ4n) is 6.48. The van der Waals surface area contributed by atoms with Crippen LogP contribution < -0.4 is 5.32 Å². The van der Waals surface area contributed by atoms with E-state index in [1.807, 2.05) is 78.9 Å². The molecule has 1 saturated heterocycles. The monoisotopic (exact) mass is 713 g/mol. The molecule has 1 aliphatic rings. The standard InChI is InChI=1S/C40H32F5N3O4/c1-22-31(19-48-21-47-29-10-2-3-11-30(29)48)51-40(52-38(22)25-14-12-23(20-49)13-15-25)28-9-5-8-27(17-28)26-7-4-6-24(16-26)18-46-39(50)32-33(41)35(43)37(45)36(44)34(32)42/h2-17,21-22,31,38,40,49H,18-20H2,1H3,(H,46,50)/t22-,31+,38+,40+/m0/s1. The van der Waals surface area contributed by atoms with Crippen LogP contribution in [0.4, 0.5) is 22.0 Å². The molecule has 1 aromatic heterocycles. The Morgan fingerprint density at radius 2 is 1.44 bits per heavy atom. The number of hydrogen-bond acceptors (Lipinski definition) is 5. The van der Waals surface area contributed by atoms with Crippen LogP contribution in [-0.2, 0) is 29.2 Å². The van der Waals surface area contributed by atoms with Crippen LogP contribution in [0.15, 0.2) is 103 Å². The minimum Gasteiger partial charge on any atom is -0.392 e. The molecule has 2 heterocycles. The number of carbonyl (C=O) groups excluding carboxylic acids is 1. The maximum Gasteiger partial charge on any atom is 0.257 e. The lowest BCUT2D eigenvalue weighted by Gasteiger charge is -2.41. The molecule has 1 aliphatic heterocycles. The zero-order valence-electron chi connectivity index (χ0n) is 27.7. The van der Waals surface area contributed by atoms with Gasteiger partial charge in [-0.25, -0.2) is 26.9 Å². The third kappa shape index (κ3) is 6.80. The maximum absolute atomic E-state index is 14.2. The summed E-state index contributed by atoms with van der Waals surface area (Å²) < 4.78 is 84.6. The number of para-hydroxylation sites is 2. The molecule has 2 N–H and O–H groups in total. The van der Waals surface area contributed by atoms with Crippen molar-refractivity contribution in [3.05, 3.63) is 160 Å². The first-order chi connectivity index (χ1) is 25.1. The van der Waals surface area contributed by atoms with Crippen molar-refractivity contribution >= 4 is 16.9 Å². The molecule has 0 aliphatic carbocycles. The largest absolute Gasteiger partial charge is 0.392 e. The van der Waals surface area contributed by atoms with E-state index in [2.05, 4.69) is 21.8 Å². The molecule has 0 bridgehead atoms. The summed E-state index contributed by atoms with van der Waals surface area (Å²) in [5, 5.41) is 11.8. The Labute approximate surface area is 295 Å². The Morgan fingerprint density at radius 1 is 0.769 bits per heavy atom. The third-order valence-corrected chi connectivity index (χ3v) is 9.34. The highest BCUT2D eigenvalue weighted by molar-refractivity contribution is 5.94. The number of fused-ring (bicyclic) bond motifs is 1. The van der Waals surface area contributed by atoms with E-state index < -0.39 is 46.8 Å². The van der Waals surface area contributed by atoms with E-state index in [-0.39, 0.29) is 31.3 Å². The first kappa shape index (κ1) is 35.0. The molecule has 1 fully saturated rings. The van der Waals surface area contributed by atoms with Gasteiger partial charge in [0.1, 0.15) is 5.56 Å². The minimum atomic E-state index is -2.34. The Hall–Kier alpha value is -5.43. The van der Waals surface area contributed by atoms with Crippen LogP contribution in [0.2, 0.25) is 0 Å².